The largest absolute Gasteiger partial charge is 0.122 e. The zero-order chi connectivity index (χ0) is 6.93. The van der Waals surface area contributed by atoms with Gasteiger partial charge in [-0.15, -0.1) is 11.6 Å². The summed E-state index contributed by atoms with van der Waals surface area (Å²) >= 11 is 6.26. The summed E-state index contributed by atoms with van der Waals surface area (Å²) in [6.45, 7) is 2.34. The van der Waals surface area contributed by atoms with E-state index in [1.54, 1.807) is 0 Å². The van der Waals surface area contributed by atoms with Crippen molar-refractivity contribution < 1.29 is 0 Å². The van der Waals surface area contributed by atoms with Gasteiger partial charge in [-0.2, -0.15) is 0 Å². The molecule has 4 rings (SSSR count). The van der Waals surface area contributed by atoms with Gasteiger partial charge in [0.05, 0.1) is 0 Å². The van der Waals surface area contributed by atoms with E-state index in [0.717, 1.165) is 23.2 Å². The maximum atomic E-state index is 6.26. The standard InChI is InChI=1S/C9H13Cl/c1-2-9-4-5-3-6(9)7(9)8(5)10/h5-8H,2-4H2,1H3. The lowest BCUT2D eigenvalue weighted by atomic mass is 10.0. The molecule has 56 valence electrons. The monoisotopic (exact) mass is 156 g/mol. The molecule has 4 bridgehead atoms. The molecule has 4 saturated carbocycles. The van der Waals surface area contributed by atoms with Gasteiger partial charge in [0.2, 0.25) is 0 Å². The molecule has 0 aliphatic heterocycles. The molecule has 0 radical (unpaired) electrons. The Morgan fingerprint density at radius 3 is 2.60 bits per heavy atom. The van der Waals surface area contributed by atoms with Crippen molar-refractivity contribution in [3.8, 4) is 0 Å². The number of rotatable bonds is 1. The van der Waals surface area contributed by atoms with Gasteiger partial charge in [0, 0.05) is 5.38 Å². The number of hydrogen-bond acceptors (Lipinski definition) is 0. The molecule has 1 heteroatoms. The van der Waals surface area contributed by atoms with E-state index in [1.807, 2.05) is 0 Å². The SMILES string of the molecule is CCC12CC3CC1C2C3Cl. The fourth-order valence-electron chi connectivity index (χ4n) is 3.90. The highest BCUT2D eigenvalue weighted by atomic mass is 35.5. The van der Waals surface area contributed by atoms with Crippen LogP contribution in [0.25, 0.3) is 0 Å². The first kappa shape index (κ1) is 5.88. The first-order chi connectivity index (χ1) is 4.79. The molecular weight excluding hydrogens is 144 g/mol. The Balaban J connectivity index is 2.01. The second-order valence-electron chi connectivity index (χ2n) is 4.36. The van der Waals surface area contributed by atoms with Crippen LogP contribution in [0.2, 0.25) is 0 Å². The molecule has 0 spiro atoms. The normalized spacial score (nSPS) is 69.0. The average molecular weight is 157 g/mol. The van der Waals surface area contributed by atoms with E-state index in [2.05, 4.69) is 6.92 Å². The van der Waals surface area contributed by atoms with Crippen LogP contribution in [0.15, 0.2) is 0 Å². The molecule has 0 N–H and O–H groups in total. The van der Waals surface area contributed by atoms with E-state index in [0.29, 0.717) is 5.38 Å². The number of alkyl halides is 1. The fraction of sp³-hybridized carbons (Fsp3) is 1.00. The van der Waals surface area contributed by atoms with Gasteiger partial charge in [0.1, 0.15) is 0 Å². The topological polar surface area (TPSA) is 0 Å². The molecule has 0 aromatic rings. The number of halogens is 1. The Kier molecular flexibility index (Phi) is 0.828. The van der Waals surface area contributed by atoms with E-state index >= 15 is 0 Å². The van der Waals surface area contributed by atoms with E-state index in [1.165, 1.54) is 19.3 Å². The Hall–Kier alpha value is 0.290. The van der Waals surface area contributed by atoms with Crippen LogP contribution >= 0.6 is 11.6 Å². The van der Waals surface area contributed by atoms with E-state index in [9.17, 15) is 0 Å². The molecule has 5 atom stereocenters. The predicted molar refractivity (Wildman–Crippen MR) is 42.1 cm³/mol. The van der Waals surface area contributed by atoms with Crippen molar-refractivity contribution in [3.63, 3.8) is 0 Å². The van der Waals surface area contributed by atoms with Crippen LogP contribution in [-0.2, 0) is 0 Å². The van der Waals surface area contributed by atoms with Crippen LogP contribution in [0.1, 0.15) is 26.2 Å². The minimum atomic E-state index is 0.574. The van der Waals surface area contributed by atoms with Crippen molar-refractivity contribution in [2.45, 2.75) is 31.6 Å². The zero-order valence-electron chi connectivity index (χ0n) is 6.31. The summed E-state index contributed by atoms with van der Waals surface area (Å²) in [5, 5.41) is 0.574. The van der Waals surface area contributed by atoms with Gasteiger partial charge in [-0.25, -0.2) is 0 Å². The lowest BCUT2D eigenvalue weighted by Gasteiger charge is -2.03. The van der Waals surface area contributed by atoms with Crippen molar-refractivity contribution in [1.29, 1.82) is 0 Å². The van der Waals surface area contributed by atoms with Gasteiger partial charge in [0.25, 0.3) is 0 Å². The predicted octanol–water partition coefficient (Wildman–Crippen LogP) is 2.66. The summed E-state index contributed by atoms with van der Waals surface area (Å²) in [6.07, 6.45) is 4.32. The summed E-state index contributed by atoms with van der Waals surface area (Å²) < 4.78 is 0. The summed E-state index contributed by atoms with van der Waals surface area (Å²) in [7, 11) is 0. The van der Waals surface area contributed by atoms with Crippen LogP contribution in [0.4, 0.5) is 0 Å². The highest BCUT2D eigenvalue weighted by molar-refractivity contribution is 6.21. The molecular formula is C9H13Cl. The van der Waals surface area contributed by atoms with E-state index in [4.69, 9.17) is 11.6 Å². The smallest absolute Gasteiger partial charge is 0.0401 e. The maximum Gasteiger partial charge on any atom is 0.0401 e. The highest BCUT2D eigenvalue weighted by Gasteiger charge is 2.77. The average Bonchev–Trinajstić information content (AvgIpc) is 2.36. The van der Waals surface area contributed by atoms with Gasteiger partial charge in [-0.1, -0.05) is 6.92 Å². The first-order valence-electron chi connectivity index (χ1n) is 4.43. The van der Waals surface area contributed by atoms with Gasteiger partial charge < -0.3 is 0 Å². The quantitative estimate of drug-likeness (QED) is 0.512. The second-order valence-corrected chi connectivity index (χ2v) is 4.87. The van der Waals surface area contributed by atoms with Crippen LogP contribution in [0, 0.1) is 23.2 Å². The first-order valence-corrected chi connectivity index (χ1v) is 4.87. The molecule has 0 aromatic carbocycles. The Morgan fingerprint density at radius 1 is 1.60 bits per heavy atom. The van der Waals surface area contributed by atoms with E-state index in [-0.39, 0.29) is 0 Å². The number of hydrogen-bond donors (Lipinski definition) is 0. The third-order valence-electron chi connectivity index (χ3n) is 4.38. The van der Waals surface area contributed by atoms with Crippen molar-refractivity contribution in [2.75, 3.05) is 0 Å². The highest BCUT2D eigenvalue weighted by Crippen LogP contribution is 2.81. The molecule has 0 saturated heterocycles. The summed E-state index contributed by atoms with van der Waals surface area (Å²) in [4.78, 5) is 0. The molecule has 0 amide bonds. The van der Waals surface area contributed by atoms with Crippen LogP contribution < -0.4 is 0 Å². The molecule has 0 aromatic heterocycles. The summed E-state index contributed by atoms with van der Waals surface area (Å²) in [5.74, 6) is 2.92. The Morgan fingerprint density at radius 2 is 2.40 bits per heavy atom. The molecule has 0 heterocycles. The van der Waals surface area contributed by atoms with Gasteiger partial charge in [0.15, 0.2) is 0 Å². The van der Waals surface area contributed by atoms with Gasteiger partial charge in [-0.3, -0.25) is 0 Å². The van der Waals surface area contributed by atoms with Crippen LogP contribution in [0.3, 0.4) is 0 Å². The summed E-state index contributed by atoms with van der Waals surface area (Å²) in [5.41, 5.74) is 0.775. The molecule has 5 unspecified atom stereocenters. The molecule has 4 aliphatic carbocycles. The van der Waals surface area contributed by atoms with Crippen molar-refractivity contribution >= 4 is 11.6 Å². The minimum absolute atomic E-state index is 0.574. The maximum absolute atomic E-state index is 6.26. The second kappa shape index (κ2) is 1.41. The van der Waals surface area contributed by atoms with Gasteiger partial charge >= 0.3 is 0 Å². The Bertz CT molecular complexity index is 189. The molecule has 0 nitrogen and oxygen atoms in total. The minimum Gasteiger partial charge on any atom is -0.122 e. The van der Waals surface area contributed by atoms with Crippen molar-refractivity contribution in [3.05, 3.63) is 0 Å². The molecule has 4 fully saturated rings. The summed E-state index contributed by atoms with van der Waals surface area (Å²) in [6, 6.07) is 0. The van der Waals surface area contributed by atoms with Crippen molar-refractivity contribution in [1.82, 2.24) is 0 Å². The van der Waals surface area contributed by atoms with Gasteiger partial charge in [-0.05, 0) is 42.4 Å². The van der Waals surface area contributed by atoms with Crippen molar-refractivity contribution in [2.24, 2.45) is 23.2 Å². The third kappa shape index (κ3) is 0.375. The van der Waals surface area contributed by atoms with Crippen LogP contribution in [0.5, 0.6) is 0 Å². The Labute approximate surface area is 66.9 Å². The zero-order valence-corrected chi connectivity index (χ0v) is 7.06. The fourth-order valence-corrected chi connectivity index (χ4v) is 4.51. The lowest BCUT2D eigenvalue weighted by molar-refractivity contribution is 0.463. The third-order valence-corrected chi connectivity index (χ3v) is 5.01. The lowest BCUT2D eigenvalue weighted by Crippen LogP contribution is -2.01. The molecule has 10 heavy (non-hydrogen) atoms. The van der Waals surface area contributed by atoms with E-state index < -0.39 is 0 Å². The van der Waals surface area contributed by atoms with Crippen LogP contribution in [-0.4, -0.2) is 5.38 Å². The molecule has 4 aliphatic rings.